The molecule has 0 saturated carbocycles. The van der Waals surface area contributed by atoms with Gasteiger partial charge in [-0.15, -0.1) is 5.10 Å². The van der Waals surface area contributed by atoms with E-state index in [1.807, 2.05) is 24.3 Å². The van der Waals surface area contributed by atoms with Crippen molar-refractivity contribution in [3.05, 3.63) is 77.4 Å². The number of ether oxygens (including phenoxy) is 1. The molecule has 2 heterocycles. The average molecular weight is 449 g/mol. The van der Waals surface area contributed by atoms with Crippen LogP contribution < -0.4 is 10.1 Å². The van der Waals surface area contributed by atoms with E-state index in [0.29, 0.717) is 5.69 Å². The Bertz CT molecular complexity index is 1330. The maximum atomic E-state index is 13.1. The number of alkyl halides is 2. The lowest BCUT2D eigenvalue weighted by Crippen LogP contribution is -2.31. The van der Waals surface area contributed by atoms with Gasteiger partial charge in [0.1, 0.15) is 5.75 Å². The van der Waals surface area contributed by atoms with Gasteiger partial charge in [-0.25, -0.2) is 4.68 Å². The Morgan fingerprint density at radius 3 is 2.97 bits per heavy atom. The van der Waals surface area contributed by atoms with Crippen LogP contribution in [-0.4, -0.2) is 32.5 Å². The van der Waals surface area contributed by atoms with Crippen LogP contribution in [0.15, 0.2) is 54.9 Å². The number of carbonyl (C=O) groups is 1. The van der Waals surface area contributed by atoms with E-state index in [-0.39, 0.29) is 23.4 Å². The summed E-state index contributed by atoms with van der Waals surface area (Å²) in [5, 5.41) is 13.3. The molecule has 0 fully saturated rings. The van der Waals surface area contributed by atoms with E-state index >= 15 is 0 Å². The Balaban J connectivity index is 1.40. The zero-order valence-corrected chi connectivity index (χ0v) is 17.8. The third kappa shape index (κ3) is 4.02. The van der Waals surface area contributed by atoms with Crippen molar-refractivity contribution in [3.8, 4) is 11.4 Å². The predicted molar refractivity (Wildman–Crippen MR) is 118 cm³/mol. The highest BCUT2D eigenvalue weighted by Crippen LogP contribution is 2.33. The van der Waals surface area contributed by atoms with Crippen LogP contribution in [0.25, 0.3) is 16.5 Å². The Labute approximate surface area is 188 Å². The molecule has 0 aliphatic heterocycles. The molecular formula is C24H21F2N5O2. The van der Waals surface area contributed by atoms with Crippen LogP contribution in [-0.2, 0) is 6.42 Å². The topological polar surface area (TPSA) is 81.9 Å². The number of pyridine rings is 1. The molecule has 1 N–H and O–H groups in total. The van der Waals surface area contributed by atoms with Crippen LogP contribution >= 0.6 is 0 Å². The first-order valence-corrected chi connectivity index (χ1v) is 10.6. The normalized spacial score (nSPS) is 15.5. The Hall–Kier alpha value is -3.88. The minimum absolute atomic E-state index is 0.125. The van der Waals surface area contributed by atoms with Crippen LogP contribution in [0.1, 0.15) is 46.2 Å². The van der Waals surface area contributed by atoms with E-state index in [1.165, 1.54) is 6.07 Å². The standard InChI is InChI=1S/C24H21F2N5O2/c1-14-22(29-30-31(14)21-7-3-5-16-13-27-11-10-19(16)21)23(32)28-20-6-2-4-15-12-17(33-24(25)26)8-9-18(15)20/h3,5,7-13,20,24H,2,4,6H2,1H3,(H,28,32). The van der Waals surface area contributed by atoms with Gasteiger partial charge in [-0.2, -0.15) is 8.78 Å². The summed E-state index contributed by atoms with van der Waals surface area (Å²) in [4.78, 5) is 17.3. The van der Waals surface area contributed by atoms with Gasteiger partial charge in [-0.3, -0.25) is 9.78 Å². The Morgan fingerprint density at radius 1 is 1.24 bits per heavy atom. The highest BCUT2D eigenvalue weighted by atomic mass is 19.3. The zero-order chi connectivity index (χ0) is 22.9. The van der Waals surface area contributed by atoms with Crippen molar-refractivity contribution >= 4 is 16.7 Å². The van der Waals surface area contributed by atoms with Crippen LogP contribution in [0.3, 0.4) is 0 Å². The molecule has 33 heavy (non-hydrogen) atoms. The van der Waals surface area contributed by atoms with Crippen molar-refractivity contribution in [2.75, 3.05) is 0 Å². The fourth-order valence-corrected chi connectivity index (χ4v) is 4.40. The van der Waals surface area contributed by atoms with Gasteiger partial charge in [0.05, 0.1) is 17.4 Å². The minimum Gasteiger partial charge on any atom is -0.435 e. The number of rotatable bonds is 5. The number of hydrogen-bond acceptors (Lipinski definition) is 5. The van der Waals surface area contributed by atoms with E-state index in [2.05, 4.69) is 25.3 Å². The van der Waals surface area contributed by atoms with Crippen molar-refractivity contribution in [1.82, 2.24) is 25.3 Å². The van der Waals surface area contributed by atoms with Gasteiger partial charge in [0.25, 0.3) is 5.91 Å². The second kappa shape index (κ2) is 8.57. The van der Waals surface area contributed by atoms with Gasteiger partial charge >= 0.3 is 6.61 Å². The third-order valence-corrected chi connectivity index (χ3v) is 5.95. The smallest absolute Gasteiger partial charge is 0.387 e. The second-order valence-electron chi connectivity index (χ2n) is 7.97. The van der Waals surface area contributed by atoms with Gasteiger partial charge in [-0.05, 0) is 61.6 Å². The summed E-state index contributed by atoms with van der Waals surface area (Å²) < 4.78 is 31.2. The maximum Gasteiger partial charge on any atom is 0.387 e. The Morgan fingerprint density at radius 2 is 2.12 bits per heavy atom. The highest BCUT2D eigenvalue weighted by Gasteiger charge is 2.26. The molecular weight excluding hydrogens is 428 g/mol. The van der Waals surface area contributed by atoms with Crippen LogP contribution in [0.5, 0.6) is 5.75 Å². The summed E-state index contributed by atoms with van der Waals surface area (Å²) in [6.07, 6.45) is 5.80. The van der Waals surface area contributed by atoms with Crippen molar-refractivity contribution in [2.24, 2.45) is 0 Å². The third-order valence-electron chi connectivity index (χ3n) is 5.95. The molecule has 0 spiro atoms. The Kier molecular flexibility index (Phi) is 5.45. The fraction of sp³-hybridized carbons (Fsp3) is 0.250. The lowest BCUT2D eigenvalue weighted by Gasteiger charge is -2.26. The molecule has 1 aliphatic carbocycles. The van der Waals surface area contributed by atoms with Gasteiger partial charge in [0, 0.05) is 23.2 Å². The van der Waals surface area contributed by atoms with Crippen molar-refractivity contribution in [3.63, 3.8) is 0 Å². The highest BCUT2D eigenvalue weighted by molar-refractivity contribution is 5.94. The number of nitrogens with one attached hydrogen (secondary N) is 1. The van der Waals surface area contributed by atoms with E-state index in [4.69, 9.17) is 0 Å². The van der Waals surface area contributed by atoms with E-state index in [9.17, 15) is 13.6 Å². The molecule has 2 aromatic heterocycles. The number of aromatic nitrogens is 4. The summed E-state index contributed by atoms with van der Waals surface area (Å²) >= 11 is 0. The molecule has 1 amide bonds. The number of aryl methyl sites for hydroxylation is 1. The molecule has 2 aromatic carbocycles. The van der Waals surface area contributed by atoms with Gasteiger partial charge in [0.15, 0.2) is 5.69 Å². The SMILES string of the molecule is Cc1c(C(=O)NC2CCCc3cc(OC(F)F)ccc32)nnn1-c1cccc2cnccc12. The second-order valence-corrected chi connectivity index (χ2v) is 7.97. The van der Waals surface area contributed by atoms with Crippen LogP contribution in [0.4, 0.5) is 8.78 Å². The molecule has 9 heteroatoms. The number of halogens is 2. The first kappa shape index (κ1) is 21.0. The summed E-state index contributed by atoms with van der Waals surface area (Å²) in [6.45, 7) is -1.07. The number of fused-ring (bicyclic) bond motifs is 2. The molecule has 1 aliphatic rings. The lowest BCUT2D eigenvalue weighted by atomic mass is 9.87. The maximum absolute atomic E-state index is 13.1. The molecule has 0 radical (unpaired) electrons. The zero-order valence-electron chi connectivity index (χ0n) is 17.8. The number of nitrogens with zero attached hydrogens (tertiary/aromatic N) is 4. The largest absolute Gasteiger partial charge is 0.435 e. The van der Waals surface area contributed by atoms with Crippen molar-refractivity contribution < 1.29 is 18.3 Å². The lowest BCUT2D eigenvalue weighted by molar-refractivity contribution is -0.0499. The molecule has 7 nitrogen and oxygen atoms in total. The summed E-state index contributed by atoms with van der Waals surface area (Å²) in [5.74, 6) is -0.203. The molecule has 1 atom stereocenters. The predicted octanol–water partition coefficient (Wildman–Crippen LogP) is 4.53. The number of hydrogen-bond donors (Lipinski definition) is 1. The summed E-state index contributed by atoms with van der Waals surface area (Å²) in [6, 6.07) is 12.3. The average Bonchev–Trinajstić information content (AvgIpc) is 3.19. The van der Waals surface area contributed by atoms with E-state index < -0.39 is 6.61 Å². The molecule has 0 bridgehead atoms. The summed E-state index contributed by atoms with van der Waals surface area (Å²) in [7, 11) is 0. The quantitative estimate of drug-likeness (QED) is 0.484. The number of benzene rings is 2. The van der Waals surface area contributed by atoms with Gasteiger partial charge in [-0.1, -0.05) is 23.4 Å². The monoisotopic (exact) mass is 449 g/mol. The molecule has 1 unspecified atom stereocenters. The van der Waals surface area contributed by atoms with Gasteiger partial charge in [0.2, 0.25) is 0 Å². The first-order valence-electron chi connectivity index (χ1n) is 10.6. The van der Waals surface area contributed by atoms with Crippen molar-refractivity contribution in [1.29, 1.82) is 0 Å². The molecule has 5 rings (SSSR count). The van der Waals surface area contributed by atoms with Crippen molar-refractivity contribution in [2.45, 2.75) is 38.8 Å². The van der Waals surface area contributed by atoms with Crippen LogP contribution in [0, 0.1) is 6.92 Å². The van der Waals surface area contributed by atoms with E-state index in [0.717, 1.165) is 46.8 Å². The molecule has 168 valence electrons. The number of carbonyl (C=O) groups excluding carboxylic acids is 1. The number of amides is 1. The molecule has 0 saturated heterocycles. The first-order chi connectivity index (χ1) is 16.0. The van der Waals surface area contributed by atoms with Crippen LogP contribution in [0.2, 0.25) is 0 Å². The van der Waals surface area contributed by atoms with E-state index in [1.54, 1.807) is 36.1 Å². The van der Waals surface area contributed by atoms with Gasteiger partial charge < -0.3 is 10.1 Å². The fourth-order valence-electron chi connectivity index (χ4n) is 4.40. The summed E-state index contributed by atoms with van der Waals surface area (Å²) in [5.41, 5.74) is 3.48. The molecule has 4 aromatic rings. The minimum atomic E-state index is -2.87.